The summed E-state index contributed by atoms with van der Waals surface area (Å²) in [6, 6.07) is 12.4. The highest BCUT2D eigenvalue weighted by molar-refractivity contribution is 5.84. The van der Waals surface area contributed by atoms with E-state index in [2.05, 4.69) is 34.3 Å². The number of piperidine rings is 1. The molecule has 5 heteroatoms. The van der Waals surface area contributed by atoms with Gasteiger partial charge in [0.2, 0.25) is 0 Å². The quantitative estimate of drug-likeness (QED) is 0.844. The first kappa shape index (κ1) is 16.7. The molecular formula is C19H26N4O. The average Bonchev–Trinajstić information content (AvgIpc) is 3.15. The first-order chi connectivity index (χ1) is 11.6. The van der Waals surface area contributed by atoms with E-state index in [1.807, 2.05) is 37.1 Å². The minimum atomic E-state index is -0.581. The largest absolute Gasteiger partial charge is 0.347 e. The highest BCUT2D eigenvalue weighted by Crippen LogP contribution is 2.30. The van der Waals surface area contributed by atoms with Crippen LogP contribution in [0.4, 0.5) is 0 Å². The van der Waals surface area contributed by atoms with Gasteiger partial charge in [-0.25, -0.2) is 0 Å². The zero-order valence-corrected chi connectivity index (χ0v) is 14.6. The van der Waals surface area contributed by atoms with Crippen LogP contribution < -0.4 is 0 Å². The summed E-state index contributed by atoms with van der Waals surface area (Å²) in [6.45, 7) is 2.73. The van der Waals surface area contributed by atoms with Crippen LogP contribution in [0.15, 0.2) is 48.8 Å². The van der Waals surface area contributed by atoms with Crippen molar-refractivity contribution in [2.75, 3.05) is 33.7 Å². The van der Waals surface area contributed by atoms with Crippen LogP contribution in [0.1, 0.15) is 18.4 Å². The number of benzene rings is 1. The molecule has 1 aliphatic rings. The fourth-order valence-corrected chi connectivity index (χ4v) is 3.64. The minimum Gasteiger partial charge on any atom is -0.347 e. The molecule has 1 aliphatic heterocycles. The van der Waals surface area contributed by atoms with Gasteiger partial charge in [-0.15, -0.1) is 0 Å². The van der Waals surface area contributed by atoms with Crippen LogP contribution in [0.25, 0.3) is 0 Å². The van der Waals surface area contributed by atoms with Crippen LogP contribution in [0.5, 0.6) is 0 Å². The van der Waals surface area contributed by atoms with Gasteiger partial charge in [-0.05, 0) is 37.4 Å². The first-order valence-corrected chi connectivity index (χ1v) is 8.60. The van der Waals surface area contributed by atoms with Gasteiger partial charge in [-0.3, -0.25) is 9.48 Å². The van der Waals surface area contributed by atoms with Crippen molar-refractivity contribution in [2.24, 2.45) is 0 Å². The second kappa shape index (κ2) is 7.18. The fourth-order valence-electron chi connectivity index (χ4n) is 3.64. The standard InChI is InChI=1S/C19H26N4O/c1-21(2)18(24)19(23-14-7-12-20-23)11-6-13-22(16-19)15-10-17-8-4-3-5-9-17/h3-5,7-9,12,14H,6,10-11,13,15-16H2,1-2H3. The number of rotatable bonds is 5. The van der Waals surface area contributed by atoms with Gasteiger partial charge in [0.1, 0.15) is 0 Å². The Morgan fingerprint density at radius 1 is 1.25 bits per heavy atom. The summed E-state index contributed by atoms with van der Waals surface area (Å²) in [6.07, 6.45) is 6.53. The summed E-state index contributed by atoms with van der Waals surface area (Å²) in [7, 11) is 3.66. The molecule has 0 bridgehead atoms. The second-order valence-corrected chi connectivity index (χ2v) is 6.80. The molecule has 0 spiro atoms. The van der Waals surface area contributed by atoms with Gasteiger partial charge in [0.25, 0.3) is 5.91 Å². The van der Waals surface area contributed by atoms with Crippen LogP contribution in [0.2, 0.25) is 0 Å². The minimum absolute atomic E-state index is 0.135. The molecule has 3 rings (SSSR count). The first-order valence-electron chi connectivity index (χ1n) is 8.60. The topological polar surface area (TPSA) is 41.4 Å². The maximum absolute atomic E-state index is 13.0. The van der Waals surface area contributed by atoms with Gasteiger partial charge < -0.3 is 9.80 Å². The van der Waals surface area contributed by atoms with Crippen molar-refractivity contribution < 1.29 is 4.79 Å². The van der Waals surface area contributed by atoms with Crippen LogP contribution in [-0.2, 0) is 16.8 Å². The highest BCUT2D eigenvalue weighted by Gasteiger charge is 2.45. The molecule has 5 nitrogen and oxygen atoms in total. The SMILES string of the molecule is CN(C)C(=O)C1(n2cccn2)CCCN(CCc2ccccc2)C1. The van der Waals surface area contributed by atoms with Gasteiger partial charge in [0.05, 0.1) is 0 Å². The van der Waals surface area contributed by atoms with Crippen LogP contribution in [-0.4, -0.2) is 59.2 Å². The van der Waals surface area contributed by atoms with Crippen molar-refractivity contribution in [3.05, 3.63) is 54.4 Å². The third-order valence-electron chi connectivity index (χ3n) is 4.86. The molecule has 0 saturated carbocycles. The smallest absolute Gasteiger partial charge is 0.251 e. The summed E-state index contributed by atoms with van der Waals surface area (Å²) in [5.41, 5.74) is 0.758. The number of carbonyl (C=O) groups is 1. The Labute approximate surface area is 143 Å². The molecule has 1 saturated heterocycles. The van der Waals surface area contributed by atoms with Crippen LogP contribution in [0, 0.1) is 0 Å². The van der Waals surface area contributed by atoms with Crippen molar-refractivity contribution in [3.8, 4) is 0 Å². The maximum Gasteiger partial charge on any atom is 0.251 e. The van der Waals surface area contributed by atoms with E-state index >= 15 is 0 Å². The molecule has 2 heterocycles. The molecule has 1 fully saturated rings. The molecule has 128 valence electrons. The van der Waals surface area contributed by atoms with E-state index in [-0.39, 0.29) is 5.91 Å². The van der Waals surface area contributed by atoms with Gasteiger partial charge >= 0.3 is 0 Å². The Bertz CT molecular complexity index is 653. The van der Waals surface area contributed by atoms with Crippen molar-refractivity contribution in [1.29, 1.82) is 0 Å². The summed E-state index contributed by atoms with van der Waals surface area (Å²) in [5.74, 6) is 0.135. The molecule has 1 aromatic heterocycles. The molecule has 1 atom stereocenters. The molecule has 1 aromatic carbocycles. The maximum atomic E-state index is 13.0. The molecule has 0 radical (unpaired) electrons. The van der Waals surface area contributed by atoms with E-state index in [0.717, 1.165) is 38.9 Å². The molecular weight excluding hydrogens is 300 g/mol. The Hall–Kier alpha value is -2.14. The fraction of sp³-hybridized carbons (Fsp3) is 0.474. The summed E-state index contributed by atoms with van der Waals surface area (Å²) in [4.78, 5) is 17.1. The third-order valence-corrected chi connectivity index (χ3v) is 4.86. The van der Waals surface area contributed by atoms with Crippen molar-refractivity contribution >= 4 is 5.91 Å². The number of hydrogen-bond donors (Lipinski definition) is 0. The van der Waals surface area contributed by atoms with Gasteiger partial charge in [0, 0.05) is 39.6 Å². The van der Waals surface area contributed by atoms with E-state index in [1.54, 1.807) is 11.1 Å². The Balaban J connectivity index is 1.76. The van der Waals surface area contributed by atoms with E-state index in [4.69, 9.17) is 0 Å². The second-order valence-electron chi connectivity index (χ2n) is 6.80. The number of nitrogens with zero attached hydrogens (tertiary/aromatic N) is 4. The molecule has 0 N–H and O–H groups in total. The van der Waals surface area contributed by atoms with E-state index < -0.39 is 5.54 Å². The highest BCUT2D eigenvalue weighted by atomic mass is 16.2. The normalized spacial score (nSPS) is 21.6. The number of likely N-dealkylation sites (tertiary alicyclic amines) is 1. The molecule has 0 aliphatic carbocycles. The van der Waals surface area contributed by atoms with E-state index in [9.17, 15) is 4.79 Å². The lowest BCUT2D eigenvalue weighted by Gasteiger charge is -2.43. The molecule has 24 heavy (non-hydrogen) atoms. The Kier molecular flexibility index (Phi) is 5.00. The predicted molar refractivity (Wildman–Crippen MR) is 94.7 cm³/mol. The third kappa shape index (κ3) is 3.36. The lowest BCUT2D eigenvalue weighted by molar-refractivity contribution is -0.142. The number of aromatic nitrogens is 2. The summed E-state index contributed by atoms with van der Waals surface area (Å²) in [5, 5.41) is 4.41. The molecule has 1 amide bonds. The van der Waals surface area contributed by atoms with Gasteiger partial charge in [0.15, 0.2) is 5.54 Å². The Morgan fingerprint density at radius 3 is 2.71 bits per heavy atom. The summed E-state index contributed by atoms with van der Waals surface area (Å²) < 4.78 is 1.87. The van der Waals surface area contributed by atoms with Gasteiger partial charge in [-0.2, -0.15) is 5.10 Å². The number of amides is 1. The van der Waals surface area contributed by atoms with Crippen LogP contribution >= 0.6 is 0 Å². The predicted octanol–water partition coefficient (Wildman–Crippen LogP) is 2.01. The molecule has 1 unspecified atom stereocenters. The Morgan fingerprint density at radius 2 is 2.04 bits per heavy atom. The number of likely N-dealkylation sites (N-methyl/N-ethyl adjacent to an activating group) is 1. The average molecular weight is 326 g/mol. The van der Waals surface area contributed by atoms with Crippen molar-refractivity contribution in [1.82, 2.24) is 19.6 Å². The number of hydrogen-bond acceptors (Lipinski definition) is 3. The van der Waals surface area contributed by atoms with E-state index in [0.29, 0.717) is 0 Å². The van der Waals surface area contributed by atoms with Crippen molar-refractivity contribution in [3.63, 3.8) is 0 Å². The lowest BCUT2D eigenvalue weighted by Crippen LogP contribution is -2.58. The zero-order valence-electron chi connectivity index (χ0n) is 14.6. The zero-order chi connectivity index (χ0) is 17.0. The summed E-state index contributed by atoms with van der Waals surface area (Å²) >= 11 is 0. The van der Waals surface area contributed by atoms with Gasteiger partial charge in [-0.1, -0.05) is 30.3 Å². The monoisotopic (exact) mass is 326 g/mol. The van der Waals surface area contributed by atoms with Crippen molar-refractivity contribution in [2.45, 2.75) is 24.8 Å². The molecule has 2 aromatic rings. The lowest BCUT2D eigenvalue weighted by atomic mass is 9.87. The van der Waals surface area contributed by atoms with Crippen LogP contribution in [0.3, 0.4) is 0 Å². The number of carbonyl (C=O) groups excluding carboxylic acids is 1. The van der Waals surface area contributed by atoms with E-state index in [1.165, 1.54) is 5.56 Å².